The summed E-state index contributed by atoms with van der Waals surface area (Å²) in [4.78, 5) is 11.2. The summed E-state index contributed by atoms with van der Waals surface area (Å²) in [5, 5.41) is 3.35. The highest BCUT2D eigenvalue weighted by molar-refractivity contribution is 5.39. The van der Waals surface area contributed by atoms with Crippen LogP contribution in [0, 0.1) is 0 Å². The maximum Gasteiger partial charge on any atom is 0.218 e. The molecule has 0 radical (unpaired) electrons. The molecule has 0 saturated heterocycles. The molecule has 5 nitrogen and oxygen atoms in total. The van der Waals surface area contributed by atoms with Crippen LogP contribution in [0.3, 0.4) is 0 Å². The second-order valence-electron chi connectivity index (χ2n) is 6.18. The summed E-state index contributed by atoms with van der Waals surface area (Å²) in [5.41, 5.74) is -0.0901. The van der Waals surface area contributed by atoms with E-state index in [0.29, 0.717) is 12.5 Å². The standard InChI is InChI=1S/C15H28N4O/c1-7-20-13-11-12(16-9-8-10-19(5)6)17-14(18-13)15(2,3)4/h11H,7-10H2,1-6H3,(H,16,17,18). The maximum atomic E-state index is 5.53. The number of hydrogen-bond acceptors (Lipinski definition) is 5. The number of rotatable bonds is 7. The summed E-state index contributed by atoms with van der Waals surface area (Å²) in [5.74, 6) is 2.29. The first-order valence-electron chi connectivity index (χ1n) is 7.24. The number of aromatic nitrogens is 2. The van der Waals surface area contributed by atoms with E-state index in [0.717, 1.165) is 31.2 Å². The molecule has 0 amide bonds. The minimum atomic E-state index is -0.0901. The fraction of sp³-hybridized carbons (Fsp3) is 0.733. The van der Waals surface area contributed by atoms with Crippen molar-refractivity contribution in [3.8, 4) is 5.88 Å². The van der Waals surface area contributed by atoms with Crippen LogP contribution in [0.2, 0.25) is 0 Å². The maximum absolute atomic E-state index is 5.53. The van der Waals surface area contributed by atoms with Gasteiger partial charge in [-0.15, -0.1) is 0 Å². The van der Waals surface area contributed by atoms with E-state index in [-0.39, 0.29) is 5.41 Å². The lowest BCUT2D eigenvalue weighted by molar-refractivity contribution is 0.322. The minimum Gasteiger partial charge on any atom is -0.478 e. The van der Waals surface area contributed by atoms with E-state index in [1.807, 2.05) is 13.0 Å². The molecule has 114 valence electrons. The van der Waals surface area contributed by atoms with Gasteiger partial charge < -0.3 is 15.0 Å². The Morgan fingerprint density at radius 1 is 1.25 bits per heavy atom. The van der Waals surface area contributed by atoms with Gasteiger partial charge >= 0.3 is 0 Å². The largest absolute Gasteiger partial charge is 0.478 e. The minimum absolute atomic E-state index is 0.0901. The van der Waals surface area contributed by atoms with E-state index in [9.17, 15) is 0 Å². The predicted octanol–water partition coefficient (Wildman–Crippen LogP) is 2.54. The molecule has 0 saturated carbocycles. The number of hydrogen-bond donors (Lipinski definition) is 1. The van der Waals surface area contributed by atoms with Crippen molar-refractivity contribution in [1.82, 2.24) is 14.9 Å². The lowest BCUT2D eigenvalue weighted by Gasteiger charge is -2.19. The number of anilines is 1. The molecule has 1 N–H and O–H groups in total. The number of nitrogens with one attached hydrogen (secondary N) is 1. The molecule has 0 aliphatic carbocycles. The van der Waals surface area contributed by atoms with Crippen molar-refractivity contribution >= 4 is 5.82 Å². The van der Waals surface area contributed by atoms with Crippen molar-refractivity contribution in [3.05, 3.63) is 11.9 Å². The van der Waals surface area contributed by atoms with Crippen LogP contribution >= 0.6 is 0 Å². The molecule has 0 spiro atoms. The molecule has 0 atom stereocenters. The van der Waals surface area contributed by atoms with Gasteiger partial charge in [-0.1, -0.05) is 20.8 Å². The van der Waals surface area contributed by atoms with E-state index < -0.39 is 0 Å². The molecule has 1 aromatic heterocycles. The first-order valence-corrected chi connectivity index (χ1v) is 7.24. The molecule has 0 aliphatic rings. The van der Waals surface area contributed by atoms with Crippen molar-refractivity contribution < 1.29 is 4.74 Å². The summed E-state index contributed by atoms with van der Waals surface area (Å²) in [6.07, 6.45) is 1.08. The molecule has 1 rings (SSSR count). The first kappa shape index (κ1) is 16.7. The highest BCUT2D eigenvalue weighted by atomic mass is 16.5. The Balaban J connectivity index is 2.76. The van der Waals surface area contributed by atoms with Crippen LogP contribution in [-0.4, -0.2) is 48.7 Å². The summed E-state index contributed by atoms with van der Waals surface area (Å²) >= 11 is 0. The molecule has 0 aliphatic heterocycles. The van der Waals surface area contributed by atoms with E-state index in [1.165, 1.54) is 0 Å². The fourth-order valence-corrected chi connectivity index (χ4v) is 1.68. The highest BCUT2D eigenvalue weighted by Gasteiger charge is 2.19. The van der Waals surface area contributed by atoms with Crippen LogP contribution in [0.1, 0.15) is 39.9 Å². The number of nitrogens with zero attached hydrogens (tertiary/aromatic N) is 3. The average Bonchev–Trinajstić information content (AvgIpc) is 2.33. The summed E-state index contributed by atoms with van der Waals surface area (Å²) in [6, 6.07) is 1.87. The van der Waals surface area contributed by atoms with Gasteiger partial charge in [0.05, 0.1) is 6.61 Å². The molecule has 0 fully saturated rings. The second kappa shape index (κ2) is 7.43. The normalized spacial score (nSPS) is 11.8. The lowest BCUT2D eigenvalue weighted by Crippen LogP contribution is -2.19. The zero-order valence-corrected chi connectivity index (χ0v) is 13.7. The molecule has 0 aromatic carbocycles. The molecule has 1 heterocycles. The van der Waals surface area contributed by atoms with Crippen molar-refractivity contribution in [2.75, 3.05) is 39.1 Å². The zero-order valence-electron chi connectivity index (χ0n) is 13.7. The Bertz CT molecular complexity index is 413. The predicted molar refractivity (Wildman–Crippen MR) is 83.6 cm³/mol. The Labute approximate surface area is 122 Å². The van der Waals surface area contributed by atoms with Gasteiger partial charge in [0.25, 0.3) is 0 Å². The van der Waals surface area contributed by atoms with Gasteiger partial charge in [0, 0.05) is 18.0 Å². The Hall–Kier alpha value is -1.36. The van der Waals surface area contributed by atoms with Gasteiger partial charge in [-0.2, -0.15) is 4.98 Å². The first-order chi connectivity index (χ1) is 9.32. The smallest absolute Gasteiger partial charge is 0.218 e. The van der Waals surface area contributed by atoms with E-state index in [2.05, 4.69) is 55.1 Å². The van der Waals surface area contributed by atoms with Crippen molar-refractivity contribution in [1.29, 1.82) is 0 Å². The monoisotopic (exact) mass is 280 g/mol. The van der Waals surface area contributed by atoms with Gasteiger partial charge in [-0.3, -0.25) is 0 Å². The molecule has 20 heavy (non-hydrogen) atoms. The lowest BCUT2D eigenvalue weighted by atomic mass is 9.96. The van der Waals surface area contributed by atoms with E-state index >= 15 is 0 Å². The highest BCUT2D eigenvalue weighted by Crippen LogP contribution is 2.23. The van der Waals surface area contributed by atoms with Crippen LogP contribution in [0.15, 0.2) is 6.07 Å². The van der Waals surface area contributed by atoms with Crippen LogP contribution in [-0.2, 0) is 5.41 Å². The quantitative estimate of drug-likeness (QED) is 0.778. The number of ether oxygens (including phenoxy) is 1. The van der Waals surface area contributed by atoms with Crippen LogP contribution in [0.5, 0.6) is 5.88 Å². The Morgan fingerprint density at radius 3 is 2.50 bits per heavy atom. The van der Waals surface area contributed by atoms with Crippen molar-refractivity contribution in [3.63, 3.8) is 0 Å². The Kier molecular flexibility index (Phi) is 6.20. The summed E-state index contributed by atoms with van der Waals surface area (Å²) in [7, 11) is 4.16. The van der Waals surface area contributed by atoms with Gasteiger partial charge in [0.15, 0.2) is 0 Å². The van der Waals surface area contributed by atoms with Crippen molar-refractivity contribution in [2.24, 2.45) is 0 Å². The Morgan fingerprint density at radius 2 is 1.95 bits per heavy atom. The molecule has 0 bridgehead atoms. The van der Waals surface area contributed by atoms with Gasteiger partial charge in [-0.25, -0.2) is 4.98 Å². The molecular weight excluding hydrogens is 252 g/mol. The third-order valence-electron chi connectivity index (χ3n) is 2.75. The SMILES string of the molecule is CCOc1cc(NCCCN(C)C)nc(C(C)(C)C)n1. The second-order valence-corrected chi connectivity index (χ2v) is 6.18. The van der Waals surface area contributed by atoms with Crippen LogP contribution < -0.4 is 10.1 Å². The molecule has 0 unspecified atom stereocenters. The average molecular weight is 280 g/mol. The molecular formula is C15H28N4O. The van der Waals surface area contributed by atoms with Gasteiger partial charge in [0.2, 0.25) is 5.88 Å². The van der Waals surface area contributed by atoms with E-state index in [4.69, 9.17) is 4.74 Å². The van der Waals surface area contributed by atoms with Gasteiger partial charge in [-0.05, 0) is 34.0 Å². The van der Waals surface area contributed by atoms with E-state index in [1.54, 1.807) is 0 Å². The topological polar surface area (TPSA) is 50.3 Å². The van der Waals surface area contributed by atoms with Crippen LogP contribution in [0.25, 0.3) is 0 Å². The molecule has 1 aromatic rings. The van der Waals surface area contributed by atoms with Gasteiger partial charge in [0.1, 0.15) is 11.6 Å². The summed E-state index contributed by atoms with van der Waals surface area (Å²) < 4.78 is 5.53. The van der Waals surface area contributed by atoms with Crippen LogP contribution in [0.4, 0.5) is 5.82 Å². The molecule has 5 heteroatoms. The third kappa shape index (κ3) is 5.74. The zero-order chi connectivity index (χ0) is 15.2. The van der Waals surface area contributed by atoms with Crippen molar-refractivity contribution in [2.45, 2.75) is 39.5 Å². The summed E-state index contributed by atoms with van der Waals surface area (Å²) in [6.45, 7) is 10.8. The fourth-order valence-electron chi connectivity index (χ4n) is 1.68. The third-order valence-corrected chi connectivity index (χ3v) is 2.75.